The highest BCUT2D eigenvalue weighted by Gasteiger charge is 2.45. The van der Waals surface area contributed by atoms with Crippen LogP contribution in [0.4, 0.5) is 0 Å². The molecule has 0 aromatic heterocycles. The molecule has 4 rings (SSSR count). The van der Waals surface area contributed by atoms with E-state index < -0.39 is 82.2 Å². The summed E-state index contributed by atoms with van der Waals surface area (Å²) in [6, 6.07) is 10.8. The number of sulfonamides is 1. The SMILES string of the molecule is CC(C)(C)OC(=O)C[C@H](NC(=O)[C@@H]1CCCN2C(=O)CC[C@H](NS(C)(=O)=O)C(=O)N12)C(=O)COC(=O)c1cccc(Oc2ccccc2)c1. The molecule has 2 N–H and O–H groups in total. The highest BCUT2D eigenvalue weighted by atomic mass is 32.2. The summed E-state index contributed by atoms with van der Waals surface area (Å²) in [5.74, 6) is -3.80. The fourth-order valence-electron chi connectivity index (χ4n) is 5.33. The van der Waals surface area contributed by atoms with Crippen molar-refractivity contribution in [2.45, 2.75) is 76.6 Å². The summed E-state index contributed by atoms with van der Waals surface area (Å²) in [6.45, 7) is 4.16. The van der Waals surface area contributed by atoms with Crippen molar-refractivity contribution in [1.82, 2.24) is 20.1 Å². The first-order chi connectivity index (χ1) is 23.0. The van der Waals surface area contributed by atoms with E-state index in [4.69, 9.17) is 14.2 Å². The predicted molar refractivity (Wildman–Crippen MR) is 173 cm³/mol. The molecule has 3 atom stereocenters. The third-order valence-electron chi connectivity index (χ3n) is 7.41. The van der Waals surface area contributed by atoms with E-state index in [9.17, 15) is 37.2 Å². The van der Waals surface area contributed by atoms with Gasteiger partial charge in [0.25, 0.3) is 5.91 Å². The lowest BCUT2D eigenvalue weighted by Gasteiger charge is -2.43. The Morgan fingerprint density at radius 2 is 1.67 bits per heavy atom. The van der Waals surface area contributed by atoms with E-state index in [0.717, 1.165) is 16.3 Å². The summed E-state index contributed by atoms with van der Waals surface area (Å²) in [4.78, 5) is 79.3. The maximum Gasteiger partial charge on any atom is 0.338 e. The number of carbonyl (C=O) groups is 6. The van der Waals surface area contributed by atoms with Gasteiger partial charge in [0, 0.05) is 13.0 Å². The third kappa shape index (κ3) is 10.6. The molecular formula is C33H40N4O11S. The molecule has 49 heavy (non-hydrogen) atoms. The minimum Gasteiger partial charge on any atom is -0.460 e. The monoisotopic (exact) mass is 700 g/mol. The van der Waals surface area contributed by atoms with Crippen molar-refractivity contribution < 1.29 is 51.4 Å². The number of nitrogens with one attached hydrogen (secondary N) is 2. The van der Waals surface area contributed by atoms with Crippen molar-refractivity contribution in [3.8, 4) is 11.5 Å². The van der Waals surface area contributed by atoms with Crippen LogP contribution < -0.4 is 14.8 Å². The quantitative estimate of drug-likeness (QED) is 0.307. The van der Waals surface area contributed by atoms with Gasteiger partial charge in [-0.25, -0.2) is 22.9 Å². The second kappa shape index (κ2) is 15.6. The van der Waals surface area contributed by atoms with Crippen molar-refractivity contribution in [3.05, 3.63) is 60.2 Å². The molecule has 2 aromatic rings. The van der Waals surface area contributed by atoms with Crippen LogP contribution in [0.1, 0.15) is 63.2 Å². The maximum atomic E-state index is 13.7. The molecule has 2 heterocycles. The van der Waals surface area contributed by atoms with Crippen molar-refractivity contribution in [2.24, 2.45) is 0 Å². The Morgan fingerprint density at radius 3 is 2.35 bits per heavy atom. The molecule has 0 saturated carbocycles. The number of ketones is 1. The number of amides is 3. The Hall–Kier alpha value is -4.83. The van der Waals surface area contributed by atoms with E-state index in [1.807, 2.05) is 6.07 Å². The topological polar surface area (TPSA) is 195 Å². The fraction of sp³-hybridized carbons (Fsp3) is 0.455. The number of hydrogen-bond donors (Lipinski definition) is 2. The zero-order valence-electron chi connectivity index (χ0n) is 27.7. The molecule has 2 aromatic carbocycles. The van der Waals surface area contributed by atoms with Gasteiger partial charge in [-0.15, -0.1) is 0 Å². The number of carbonyl (C=O) groups excluding carboxylic acids is 6. The third-order valence-corrected chi connectivity index (χ3v) is 8.12. The first kappa shape index (κ1) is 37.0. The van der Waals surface area contributed by atoms with Gasteiger partial charge in [0.05, 0.1) is 18.2 Å². The van der Waals surface area contributed by atoms with Crippen LogP contribution in [0.15, 0.2) is 54.6 Å². The predicted octanol–water partition coefficient (Wildman–Crippen LogP) is 1.87. The molecule has 16 heteroatoms. The van der Waals surface area contributed by atoms with E-state index in [2.05, 4.69) is 10.0 Å². The van der Waals surface area contributed by atoms with Crippen LogP contribution in [0.2, 0.25) is 0 Å². The van der Waals surface area contributed by atoms with Crippen molar-refractivity contribution in [1.29, 1.82) is 0 Å². The lowest BCUT2D eigenvalue weighted by molar-refractivity contribution is -0.176. The Balaban J connectivity index is 1.50. The Bertz CT molecular complexity index is 1690. The average molecular weight is 701 g/mol. The van der Waals surface area contributed by atoms with Gasteiger partial charge in [-0.05, 0) is 70.4 Å². The van der Waals surface area contributed by atoms with Gasteiger partial charge in [-0.2, -0.15) is 0 Å². The number of hydrazine groups is 1. The summed E-state index contributed by atoms with van der Waals surface area (Å²) in [7, 11) is -3.85. The second-order valence-corrected chi connectivity index (χ2v) is 14.5. The summed E-state index contributed by atoms with van der Waals surface area (Å²) in [5.41, 5.74) is -0.837. The van der Waals surface area contributed by atoms with E-state index in [0.29, 0.717) is 17.9 Å². The molecule has 2 fully saturated rings. The molecule has 0 spiro atoms. The zero-order valence-corrected chi connectivity index (χ0v) is 28.5. The highest BCUT2D eigenvalue weighted by Crippen LogP contribution is 2.26. The molecule has 0 bridgehead atoms. The number of hydrogen-bond acceptors (Lipinski definition) is 11. The van der Waals surface area contributed by atoms with Crippen LogP contribution >= 0.6 is 0 Å². The lowest BCUT2D eigenvalue weighted by Crippen LogP contribution is -2.64. The van der Waals surface area contributed by atoms with Gasteiger partial charge < -0.3 is 19.5 Å². The number of rotatable bonds is 12. The molecule has 2 aliphatic rings. The van der Waals surface area contributed by atoms with E-state index in [1.54, 1.807) is 57.2 Å². The largest absolute Gasteiger partial charge is 0.460 e. The molecule has 15 nitrogen and oxygen atoms in total. The Morgan fingerprint density at radius 1 is 0.980 bits per heavy atom. The molecule has 264 valence electrons. The van der Waals surface area contributed by atoms with Gasteiger partial charge in [-0.3, -0.25) is 29.0 Å². The number of nitrogens with zero attached hydrogens (tertiary/aromatic N) is 2. The Labute approximate surface area is 284 Å². The summed E-state index contributed by atoms with van der Waals surface area (Å²) in [6.07, 6.45) is 0.403. The van der Waals surface area contributed by atoms with Crippen LogP contribution in [0, 0.1) is 0 Å². The van der Waals surface area contributed by atoms with E-state index >= 15 is 0 Å². The van der Waals surface area contributed by atoms with Crippen LogP contribution in [0.3, 0.4) is 0 Å². The van der Waals surface area contributed by atoms with Gasteiger partial charge in [-0.1, -0.05) is 24.3 Å². The minimum absolute atomic E-state index is 0.0800. The standard InChI is InChI=1S/C33H40N4O11S/c1-33(2,3)48-29(40)19-25(27(38)20-46-32(43)21-10-8-13-23(18-21)47-22-11-6-5-7-12-22)34-30(41)26-14-9-17-36-28(39)16-15-24(31(42)37(26)36)35-49(4,44)45/h5-8,10-13,18,24-26,35H,9,14-17,19-20H2,1-4H3,(H,34,41)/t24-,25-,26-/m0/s1. The number of benzene rings is 2. The first-order valence-corrected chi connectivity index (χ1v) is 17.6. The molecule has 0 radical (unpaired) electrons. The number of fused-ring (bicyclic) bond motifs is 1. The molecule has 2 aliphatic heterocycles. The number of para-hydroxylation sites is 1. The number of ether oxygens (including phenoxy) is 3. The highest BCUT2D eigenvalue weighted by molar-refractivity contribution is 7.88. The molecule has 2 saturated heterocycles. The molecular weight excluding hydrogens is 660 g/mol. The smallest absolute Gasteiger partial charge is 0.338 e. The van der Waals surface area contributed by atoms with Crippen molar-refractivity contribution >= 4 is 45.5 Å². The summed E-state index contributed by atoms with van der Waals surface area (Å²) in [5, 5.41) is 4.52. The van der Waals surface area contributed by atoms with Crippen LogP contribution in [0.25, 0.3) is 0 Å². The van der Waals surface area contributed by atoms with Gasteiger partial charge in [0.15, 0.2) is 12.4 Å². The van der Waals surface area contributed by atoms with E-state index in [1.165, 1.54) is 12.1 Å². The maximum absolute atomic E-state index is 13.7. The van der Waals surface area contributed by atoms with Crippen LogP contribution in [0.5, 0.6) is 11.5 Å². The lowest BCUT2D eigenvalue weighted by atomic mass is 10.0. The Kier molecular flexibility index (Phi) is 11.8. The fourth-order valence-corrected chi connectivity index (χ4v) is 6.07. The van der Waals surface area contributed by atoms with Crippen molar-refractivity contribution in [3.63, 3.8) is 0 Å². The normalized spacial score (nSPS) is 18.9. The molecule has 0 aliphatic carbocycles. The van der Waals surface area contributed by atoms with Gasteiger partial charge in [0.2, 0.25) is 21.8 Å². The zero-order chi connectivity index (χ0) is 35.9. The number of Topliss-reactive ketones (excluding diaryl/α,β-unsaturated/α-hetero) is 1. The summed E-state index contributed by atoms with van der Waals surface area (Å²) >= 11 is 0. The van der Waals surface area contributed by atoms with Crippen molar-refractivity contribution in [2.75, 3.05) is 19.4 Å². The van der Waals surface area contributed by atoms with Crippen LogP contribution in [-0.2, 0) is 43.5 Å². The van der Waals surface area contributed by atoms with Gasteiger partial charge >= 0.3 is 11.9 Å². The van der Waals surface area contributed by atoms with Crippen LogP contribution in [-0.4, -0.2) is 97.0 Å². The van der Waals surface area contributed by atoms with Gasteiger partial charge in [0.1, 0.15) is 35.2 Å². The average Bonchev–Trinajstić information content (AvgIpc) is 3.14. The minimum atomic E-state index is -3.85. The molecule has 0 unspecified atom stereocenters. The molecule has 3 amide bonds. The summed E-state index contributed by atoms with van der Waals surface area (Å²) < 4.78 is 42.5. The second-order valence-electron chi connectivity index (χ2n) is 12.7. The number of esters is 2. The first-order valence-electron chi connectivity index (χ1n) is 15.7. The van der Waals surface area contributed by atoms with E-state index in [-0.39, 0.29) is 31.4 Å².